The average Bonchev–Trinajstić information content (AvgIpc) is 2.58. The van der Waals surface area contributed by atoms with E-state index in [1.54, 1.807) is 18.2 Å². The molecule has 1 aromatic carbocycles. The van der Waals surface area contributed by atoms with Crippen LogP contribution in [0.15, 0.2) is 18.2 Å². The third kappa shape index (κ3) is 5.63. The molecule has 1 saturated heterocycles. The summed E-state index contributed by atoms with van der Waals surface area (Å²) in [6.07, 6.45) is 1.17. The van der Waals surface area contributed by atoms with E-state index in [4.69, 9.17) is 14.6 Å². The summed E-state index contributed by atoms with van der Waals surface area (Å²) in [7, 11) is 0. The molecular weight excluding hydrogens is 324 g/mol. The summed E-state index contributed by atoms with van der Waals surface area (Å²) in [6, 6.07) is 5.31. The number of carbonyl (C=O) groups excluding carboxylic acids is 1. The van der Waals surface area contributed by atoms with E-state index in [0.29, 0.717) is 56.3 Å². The lowest BCUT2D eigenvalue weighted by Crippen LogP contribution is -2.40. The molecule has 0 saturated carbocycles. The molecule has 0 atom stereocenters. The van der Waals surface area contributed by atoms with Crippen LogP contribution in [0.4, 0.5) is 5.69 Å². The Morgan fingerprint density at radius 1 is 1.16 bits per heavy atom. The standard InChI is InChI=1S/C18H26N2O5/c1-3-24-15-6-5-14(11-16(15)25-4-2)19-17(21)12-20-9-7-13(8-10-20)18(22)23/h5-6,11,13H,3-4,7-10,12H2,1-2H3,(H,19,21)(H,22,23). The summed E-state index contributed by atoms with van der Waals surface area (Å²) in [5.74, 6) is 0.0870. The first-order valence-electron chi connectivity index (χ1n) is 8.68. The van der Waals surface area contributed by atoms with Crippen LogP contribution in [0, 0.1) is 5.92 Å². The Morgan fingerprint density at radius 2 is 1.80 bits per heavy atom. The van der Waals surface area contributed by atoms with Gasteiger partial charge in [0, 0.05) is 11.8 Å². The molecule has 1 heterocycles. The molecule has 0 aliphatic carbocycles. The SMILES string of the molecule is CCOc1ccc(NC(=O)CN2CCC(C(=O)O)CC2)cc1OCC. The van der Waals surface area contributed by atoms with Crippen molar-refractivity contribution in [3.63, 3.8) is 0 Å². The van der Waals surface area contributed by atoms with Crippen LogP contribution in [-0.4, -0.2) is 54.7 Å². The number of amides is 1. The summed E-state index contributed by atoms with van der Waals surface area (Å²) in [5.41, 5.74) is 0.650. The van der Waals surface area contributed by atoms with Crippen molar-refractivity contribution in [1.29, 1.82) is 0 Å². The molecule has 1 aliphatic heterocycles. The number of nitrogens with zero attached hydrogens (tertiary/aromatic N) is 1. The quantitative estimate of drug-likeness (QED) is 0.747. The molecule has 0 bridgehead atoms. The first kappa shape index (κ1) is 19.1. The van der Waals surface area contributed by atoms with Crippen molar-refractivity contribution in [3.8, 4) is 11.5 Å². The molecule has 7 nitrogen and oxygen atoms in total. The minimum absolute atomic E-state index is 0.125. The number of hydrogen-bond acceptors (Lipinski definition) is 5. The van der Waals surface area contributed by atoms with Crippen LogP contribution in [0.1, 0.15) is 26.7 Å². The molecule has 0 spiro atoms. The van der Waals surface area contributed by atoms with Gasteiger partial charge < -0.3 is 19.9 Å². The zero-order chi connectivity index (χ0) is 18.2. The van der Waals surface area contributed by atoms with Gasteiger partial charge in [-0.05, 0) is 51.9 Å². The minimum atomic E-state index is -0.748. The van der Waals surface area contributed by atoms with Gasteiger partial charge in [-0.1, -0.05) is 0 Å². The molecule has 1 aliphatic rings. The van der Waals surface area contributed by atoms with Crippen LogP contribution >= 0.6 is 0 Å². The van der Waals surface area contributed by atoms with E-state index in [1.165, 1.54) is 0 Å². The second kappa shape index (κ2) is 9.27. The van der Waals surface area contributed by atoms with E-state index in [1.807, 2.05) is 18.7 Å². The maximum atomic E-state index is 12.2. The number of rotatable bonds is 8. The van der Waals surface area contributed by atoms with Gasteiger partial charge in [-0.15, -0.1) is 0 Å². The molecule has 7 heteroatoms. The van der Waals surface area contributed by atoms with Crippen molar-refractivity contribution in [2.45, 2.75) is 26.7 Å². The van der Waals surface area contributed by atoms with Crippen molar-refractivity contribution in [2.75, 3.05) is 38.2 Å². The van der Waals surface area contributed by atoms with Gasteiger partial charge in [0.1, 0.15) is 0 Å². The predicted molar refractivity (Wildman–Crippen MR) is 94.2 cm³/mol. The number of carboxylic acid groups (broad SMARTS) is 1. The molecule has 1 amide bonds. The highest BCUT2D eigenvalue weighted by atomic mass is 16.5. The van der Waals surface area contributed by atoms with Gasteiger partial charge in [0.25, 0.3) is 0 Å². The number of likely N-dealkylation sites (tertiary alicyclic amines) is 1. The van der Waals surface area contributed by atoms with E-state index >= 15 is 0 Å². The van der Waals surface area contributed by atoms with Crippen molar-refractivity contribution in [2.24, 2.45) is 5.92 Å². The van der Waals surface area contributed by atoms with Crippen molar-refractivity contribution < 1.29 is 24.2 Å². The predicted octanol–water partition coefficient (Wildman–Crippen LogP) is 2.22. The molecule has 25 heavy (non-hydrogen) atoms. The number of hydrogen-bond donors (Lipinski definition) is 2. The maximum Gasteiger partial charge on any atom is 0.306 e. The van der Waals surface area contributed by atoms with Gasteiger partial charge >= 0.3 is 5.97 Å². The topological polar surface area (TPSA) is 88.1 Å². The molecule has 2 N–H and O–H groups in total. The average molecular weight is 350 g/mol. The lowest BCUT2D eigenvalue weighted by molar-refractivity contribution is -0.143. The van der Waals surface area contributed by atoms with E-state index in [0.717, 1.165) is 0 Å². The van der Waals surface area contributed by atoms with Gasteiger partial charge in [-0.3, -0.25) is 14.5 Å². The normalized spacial score (nSPS) is 15.6. The summed E-state index contributed by atoms with van der Waals surface area (Å²) in [4.78, 5) is 25.2. The second-order valence-electron chi connectivity index (χ2n) is 5.96. The first-order chi connectivity index (χ1) is 12.0. The van der Waals surface area contributed by atoms with E-state index in [-0.39, 0.29) is 18.4 Å². The lowest BCUT2D eigenvalue weighted by Gasteiger charge is -2.29. The van der Waals surface area contributed by atoms with E-state index in [9.17, 15) is 9.59 Å². The Bertz CT molecular complexity index is 597. The summed E-state index contributed by atoms with van der Waals surface area (Å²) < 4.78 is 11.1. The number of carboxylic acids is 1. The fourth-order valence-corrected chi connectivity index (χ4v) is 2.87. The third-order valence-electron chi connectivity index (χ3n) is 4.13. The molecule has 2 rings (SSSR count). The highest BCUT2D eigenvalue weighted by Gasteiger charge is 2.25. The van der Waals surface area contributed by atoms with Crippen LogP contribution in [0.25, 0.3) is 0 Å². The number of nitrogens with one attached hydrogen (secondary N) is 1. The molecule has 0 aromatic heterocycles. The maximum absolute atomic E-state index is 12.2. The number of aliphatic carboxylic acids is 1. The number of benzene rings is 1. The largest absolute Gasteiger partial charge is 0.490 e. The highest BCUT2D eigenvalue weighted by molar-refractivity contribution is 5.92. The molecule has 0 unspecified atom stereocenters. The lowest BCUT2D eigenvalue weighted by atomic mass is 9.97. The smallest absolute Gasteiger partial charge is 0.306 e. The zero-order valence-corrected chi connectivity index (χ0v) is 14.8. The van der Waals surface area contributed by atoms with Crippen molar-refractivity contribution >= 4 is 17.6 Å². The fraction of sp³-hybridized carbons (Fsp3) is 0.556. The molecular formula is C18H26N2O5. The van der Waals surface area contributed by atoms with Crippen LogP contribution in [-0.2, 0) is 9.59 Å². The van der Waals surface area contributed by atoms with Gasteiger partial charge in [0.05, 0.1) is 25.7 Å². The summed E-state index contributed by atoms with van der Waals surface area (Å²) >= 11 is 0. The molecule has 1 aromatic rings. The Balaban J connectivity index is 1.90. The van der Waals surface area contributed by atoms with Gasteiger partial charge in [-0.2, -0.15) is 0 Å². The van der Waals surface area contributed by atoms with Crippen LogP contribution < -0.4 is 14.8 Å². The van der Waals surface area contributed by atoms with Crippen molar-refractivity contribution in [1.82, 2.24) is 4.90 Å². The molecule has 1 fully saturated rings. The number of carbonyl (C=O) groups is 2. The monoisotopic (exact) mass is 350 g/mol. The Labute approximate surface area is 147 Å². The number of ether oxygens (including phenoxy) is 2. The summed E-state index contributed by atoms with van der Waals surface area (Å²) in [5, 5.41) is 11.9. The minimum Gasteiger partial charge on any atom is -0.490 e. The Hall–Kier alpha value is -2.28. The van der Waals surface area contributed by atoms with Gasteiger partial charge in [0.2, 0.25) is 5.91 Å². The van der Waals surface area contributed by atoms with Crippen LogP contribution in [0.5, 0.6) is 11.5 Å². The highest BCUT2D eigenvalue weighted by Crippen LogP contribution is 2.30. The Kier molecular flexibility index (Phi) is 7.06. The van der Waals surface area contributed by atoms with Gasteiger partial charge in [0.15, 0.2) is 11.5 Å². The molecule has 0 radical (unpaired) electrons. The van der Waals surface area contributed by atoms with E-state index < -0.39 is 5.97 Å². The van der Waals surface area contributed by atoms with Crippen LogP contribution in [0.2, 0.25) is 0 Å². The van der Waals surface area contributed by atoms with Gasteiger partial charge in [-0.25, -0.2) is 0 Å². The molecule has 138 valence electrons. The van der Waals surface area contributed by atoms with Crippen molar-refractivity contribution in [3.05, 3.63) is 18.2 Å². The number of piperidine rings is 1. The zero-order valence-electron chi connectivity index (χ0n) is 14.8. The first-order valence-corrected chi connectivity index (χ1v) is 8.68. The summed E-state index contributed by atoms with van der Waals surface area (Å²) in [6.45, 7) is 6.34. The second-order valence-corrected chi connectivity index (χ2v) is 5.96. The Morgan fingerprint density at radius 3 is 2.40 bits per heavy atom. The van der Waals surface area contributed by atoms with E-state index in [2.05, 4.69) is 5.32 Å². The van der Waals surface area contributed by atoms with Crippen LogP contribution in [0.3, 0.4) is 0 Å². The third-order valence-corrected chi connectivity index (χ3v) is 4.13. The fourth-order valence-electron chi connectivity index (χ4n) is 2.87. The number of anilines is 1.